The molecule has 3 aliphatic heterocycles. The van der Waals surface area contributed by atoms with Crippen molar-refractivity contribution < 1.29 is 9.47 Å². The first-order valence-electron chi connectivity index (χ1n) is 13.1. The van der Waals surface area contributed by atoms with Crippen molar-refractivity contribution in [2.45, 2.75) is 26.7 Å². The number of rotatable bonds is 1. The number of hydrogen-bond donors (Lipinski definition) is 0. The lowest BCUT2D eigenvalue weighted by Gasteiger charge is -2.39. The summed E-state index contributed by atoms with van der Waals surface area (Å²) in [6.07, 6.45) is 1.88. The summed E-state index contributed by atoms with van der Waals surface area (Å²) in [6, 6.07) is 28.8. The molecule has 0 radical (unpaired) electrons. The highest BCUT2D eigenvalue weighted by Crippen LogP contribution is 2.47. The quantitative estimate of drug-likeness (QED) is 0.265. The molecule has 0 fully saturated rings. The molecule has 3 heteroatoms. The monoisotopic (exact) mass is 474 g/mol. The highest BCUT2D eigenvalue weighted by Gasteiger charge is 2.47. The number of hydrogen-bond acceptors (Lipinski definition) is 2. The fraction of sp³-hybridized carbons (Fsp3) is 0.118. The van der Waals surface area contributed by atoms with E-state index in [0.29, 0.717) is 0 Å². The molecule has 3 heterocycles. The molecule has 0 saturated carbocycles. The van der Waals surface area contributed by atoms with Crippen molar-refractivity contribution >= 4 is 23.1 Å². The zero-order valence-electron chi connectivity index (χ0n) is 20.8. The van der Waals surface area contributed by atoms with E-state index in [0.717, 1.165) is 41.4 Å². The fourth-order valence-corrected chi connectivity index (χ4v) is 7.23. The Kier molecular flexibility index (Phi) is 3.63. The molecule has 9 rings (SSSR count). The minimum atomic E-state index is 0.126. The molecule has 0 saturated heterocycles. The van der Waals surface area contributed by atoms with E-state index in [1.54, 1.807) is 0 Å². The zero-order chi connectivity index (χ0) is 24.4. The Morgan fingerprint density at radius 2 is 1.46 bits per heavy atom. The SMILES string of the molecule is Cc1cccc(-c2ccc3c4c2Oc2cccc5c2B4c2c(cc4c(c2C5)-c2cc(C)ccc2C4)O3)c1. The van der Waals surface area contributed by atoms with Crippen molar-refractivity contribution in [2.24, 2.45) is 0 Å². The minimum Gasteiger partial charge on any atom is -0.458 e. The van der Waals surface area contributed by atoms with Crippen LogP contribution < -0.4 is 25.9 Å². The van der Waals surface area contributed by atoms with Crippen LogP contribution in [-0.2, 0) is 12.8 Å². The fourth-order valence-electron chi connectivity index (χ4n) is 7.23. The van der Waals surface area contributed by atoms with Gasteiger partial charge in [-0.05, 0) is 101 Å². The largest absolute Gasteiger partial charge is 0.458 e. The van der Waals surface area contributed by atoms with E-state index in [9.17, 15) is 0 Å². The Morgan fingerprint density at radius 1 is 0.595 bits per heavy atom. The van der Waals surface area contributed by atoms with E-state index in [2.05, 4.69) is 92.7 Å². The number of fused-ring (bicyclic) bond motifs is 4. The van der Waals surface area contributed by atoms with Gasteiger partial charge in [0.25, 0.3) is 6.71 Å². The first kappa shape index (κ1) is 19.9. The van der Waals surface area contributed by atoms with Crippen molar-refractivity contribution in [1.82, 2.24) is 0 Å². The molecule has 5 aromatic rings. The summed E-state index contributed by atoms with van der Waals surface area (Å²) in [4.78, 5) is 0. The molecule has 0 spiro atoms. The minimum absolute atomic E-state index is 0.126. The maximum absolute atomic E-state index is 6.76. The Morgan fingerprint density at radius 3 is 2.38 bits per heavy atom. The van der Waals surface area contributed by atoms with Crippen LogP contribution in [0.2, 0.25) is 0 Å². The smallest absolute Gasteiger partial charge is 0.261 e. The summed E-state index contributed by atoms with van der Waals surface area (Å²) < 4.78 is 13.5. The van der Waals surface area contributed by atoms with Gasteiger partial charge >= 0.3 is 0 Å². The van der Waals surface area contributed by atoms with Crippen molar-refractivity contribution in [3.8, 4) is 45.3 Å². The van der Waals surface area contributed by atoms with Gasteiger partial charge in [0.1, 0.15) is 23.0 Å². The lowest BCUT2D eigenvalue weighted by Crippen LogP contribution is -2.61. The molecule has 0 N–H and O–H groups in total. The molecule has 0 amide bonds. The maximum atomic E-state index is 6.76. The molecule has 174 valence electrons. The second-order valence-electron chi connectivity index (χ2n) is 11.0. The molecule has 0 bridgehead atoms. The Labute approximate surface area is 216 Å². The second kappa shape index (κ2) is 6.74. The third-order valence-electron chi connectivity index (χ3n) is 8.74. The van der Waals surface area contributed by atoms with Crippen LogP contribution in [0.4, 0.5) is 0 Å². The van der Waals surface area contributed by atoms with Gasteiger partial charge in [0.05, 0.1) is 0 Å². The van der Waals surface area contributed by atoms with Gasteiger partial charge in [0.2, 0.25) is 0 Å². The predicted octanol–water partition coefficient (Wildman–Crippen LogP) is 6.17. The standard InChI is InChI=1S/C34H23BO2/c1-18-5-3-6-20(13-18)24-11-12-28-33-34(24)37-27-8-4-7-22-16-26-30-23(15-21-10-9-19(2)14-25(21)30)17-29(36-28)32(26)35(33)31(22)27/h3-14,17H,15-16H2,1-2H3. The van der Waals surface area contributed by atoms with Crippen molar-refractivity contribution in [2.75, 3.05) is 0 Å². The topological polar surface area (TPSA) is 18.5 Å². The molecule has 4 aliphatic rings. The van der Waals surface area contributed by atoms with Crippen LogP contribution in [0, 0.1) is 13.8 Å². The van der Waals surface area contributed by atoms with Crippen LogP contribution >= 0.6 is 0 Å². The number of benzene rings is 5. The molecule has 0 unspecified atom stereocenters. The Hall–Kier alpha value is -4.24. The first-order valence-corrected chi connectivity index (χ1v) is 13.1. The van der Waals surface area contributed by atoms with E-state index in [1.165, 1.54) is 66.5 Å². The molecule has 5 aromatic carbocycles. The summed E-state index contributed by atoms with van der Waals surface area (Å²) in [5.41, 5.74) is 17.1. The Bertz CT molecular complexity index is 1870. The third-order valence-corrected chi connectivity index (χ3v) is 8.74. The molecule has 1 aliphatic carbocycles. The highest BCUT2D eigenvalue weighted by molar-refractivity contribution is 6.99. The van der Waals surface area contributed by atoms with Crippen LogP contribution in [0.25, 0.3) is 22.3 Å². The van der Waals surface area contributed by atoms with E-state index < -0.39 is 0 Å². The molecule has 0 aromatic heterocycles. The predicted molar refractivity (Wildman–Crippen MR) is 150 cm³/mol. The van der Waals surface area contributed by atoms with Crippen LogP contribution in [0.5, 0.6) is 23.0 Å². The lowest BCUT2D eigenvalue weighted by molar-refractivity contribution is 0.464. The number of aryl methyl sites for hydroxylation is 2. The van der Waals surface area contributed by atoms with Gasteiger partial charge < -0.3 is 9.47 Å². The first-order chi connectivity index (χ1) is 18.1. The van der Waals surface area contributed by atoms with Gasteiger partial charge in [-0.25, -0.2) is 0 Å². The molecule has 0 atom stereocenters. The molecular formula is C34H23BO2. The third kappa shape index (κ3) is 2.52. The maximum Gasteiger partial charge on any atom is 0.261 e. The van der Waals surface area contributed by atoms with Crippen molar-refractivity contribution in [1.29, 1.82) is 0 Å². The second-order valence-corrected chi connectivity index (χ2v) is 11.0. The summed E-state index contributed by atoms with van der Waals surface area (Å²) >= 11 is 0. The van der Waals surface area contributed by atoms with Gasteiger partial charge in [0.15, 0.2) is 0 Å². The molecule has 2 nitrogen and oxygen atoms in total. The van der Waals surface area contributed by atoms with E-state index in [4.69, 9.17) is 9.47 Å². The van der Waals surface area contributed by atoms with E-state index in [-0.39, 0.29) is 6.71 Å². The van der Waals surface area contributed by atoms with Gasteiger partial charge in [-0.1, -0.05) is 65.7 Å². The van der Waals surface area contributed by atoms with Crippen molar-refractivity contribution in [3.05, 3.63) is 112 Å². The van der Waals surface area contributed by atoms with Gasteiger partial charge in [-0.2, -0.15) is 0 Å². The van der Waals surface area contributed by atoms with Crippen molar-refractivity contribution in [3.63, 3.8) is 0 Å². The summed E-state index contributed by atoms with van der Waals surface area (Å²) in [6.45, 7) is 4.46. The summed E-state index contributed by atoms with van der Waals surface area (Å²) in [5, 5.41) is 0. The van der Waals surface area contributed by atoms with Crippen LogP contribution in [0.1, 0.15) is 33.4 Å². The zero-order valence-corrected chi connectivity index (χ0v) is 20.8. The number of ether oxygens (including phenoxy) is 2. The van der Waals surface area contributed by atoms with Crippen LogP contribution in [0.15, 0.2) is 78.9 Å². The average molecular weight is 474 g/mol. The average Bonchev–Trinajstić information content (AvgIpc) is 3.26. The molecule has 37 heavy (non-hydrogen) atoms. The van der Waals surface area contributed by atoms with Gasteiger partial charge in [-0.3, -0.25) is 0 Å². The lowest BCUT2D eigenvalue weighted by atomic mass is 9.31. The van der Waals surface area contributed by atoms with Crippen LogP contribution in [-0.4, -0.2) is 6.71 Å². The Balaban J connectivity index is 1.37. The van der Waals surface area contributed by atoms with E-state index in [1.807, 2.05) is 0 Å². The van der Waals surface area contributed by atoms with Gasteiger partial charge in [0, 0.05) is 11.0 Å². The summed E-state index contributed by atoms with van der Waals surface area (Å²) in [5.74, 6) is 3.86. The molecular weight excluding hydrogens is 451 g/mol. The normalized spacial score (nSPS) is 14.4. The highest BCUT2D eigenvalue weighted by atomic mass is 16.5. The van der Waals surface area contributed by atoms with E-state index >= 15 is 0 Å². The summed E-state index contributed by atoms with van der Waals surface area (Å²) in [7, 11) is 0. The van der Waals surface area contributed by atoms with Gasteiger partial charge in [-0.15, -0.1) is 0 Å². The van der Waals surface area contributed by atoms with Crippen LogP contribution in [0.3, 0.4) is 0 Å².